The number of hydrogen-bond donors (Lipinski definition) is 1. The van der Waals surface area contributed by atoms with Gasteiger partial charge in [-0.1, -0.05) is 18.2 Å². The van der Waals surface area contributed by atoms with Crippen LogP contribution in [0, 0.1) is 5.82 Å². The lowest BCUT2D eigenvalue weighted by atomic mass is 10.2. The summed E-state index contributed by atoms with van der Waals surface area (Å²) in [7, 11) is 1.61. The summed E-state index contributed by atoms with van der Waals surface area (Å²) < 4.78 is 52.0. The number of guanidine groups is 1. The second-order valence-corrected chi connectivity index (χ2v) is 5.73. The van der Waals surface area contributed by atoms with Crippen molar-refractivity contribution < 1.29 is 17.6 Å². The van der Waals surface area contributed by atoms with Crippen LogP contribution in [0.3, 0.4) is 0 Å². The van der Waals surface area contributed by atoms with Crippen LogP contribution in [0.15, 0.2) is 29.3 Å². The smallest absolute Gasteiger partial charge is 0.352 e. The van der Waals surface area contributed by atoms with Crippen LogP contribution in [0.5, 0.6) is 0 Å². The zero-order valence-electron chi connectivity index (χ0n) is 13.8. The van der Waals surface area contributed by atoms with E-state index in [0.717, 1.165) is 0 Å². The Morgan fingerprint density at radius 3 is 2.38 bits per heavy atom. The number of aliphatic imine (C=N–C) groups is 1. The summed E-state index contributed by atoms with van der Waals surface area (Å²) in [6.45, 7) is 2.95. The highest BCUT2D eigenvalue weighted by atomic mass is 19.4. The summed E-state index contributed by atoms with van der Waals surface area (Å²) in [6.07, 6.45) is -4.22. The second-order valence-electron chi connectivity index (χ2n) is 5.73. The van der Waals surface area contributed by atoms with Gasteiger partial charge in [-0.3, -0.25) is 9.89 Å². The lowest BCUT2D eigenvalue weighted by Gasteiger charge is -2.39. The van der Waals surface area contributed by atoms with Gasteiger partial charge in [-0.05, 0) is 13.0 Å². The lowest BCUT2D eigenvalue weighted by Crippen LogP contribution is -2.56. The van der Waals surface area contributed by atoms with Crippen molar-refractivity contribution in [2.24, 2.45) is 4.99 Å². The number of halogens is 4. The van der Waals surface area contributed by atoms with Crippen molar-refractivity contribution in [2.45, 2.75) is 25.7 Å². The minimum absolute atomic E-state index is 0.276. The average Bonchev–Trinajstić information content (AvgIpc) is 2.56. The normalized spacial score (nSPS) is 18.6. The molecule has 1 aliphatic rings. The Balaban J connectivity index is 1.89. The molecule has 0 aromatic heterocycles. The fourth-order valence-corrected chi connectivity index (χ4v) is 2.68. The summed E-state index contributed by atoms with van der Waals surface area (Å²) in [4.78, 5) is 7.45. The van der Waals surface area contributed by atoms with Gasteiger partial charge in [0.1, 0.15) is 11.9 Å². The lowest BCUT2D eigenvalue weighted by molar-refractivity contribution is -0.181. The first kappa shape index (κ1) is 18.5. The first-order chi connectivity index (χ1) is 11.3. The quantitative estimate of drug-likeness (QED) is 0.518. The van der Waals surface area contributed by atoms with Gasteiger partial charge in [-0.2, -0.15) is 13.2 Å². The molecule has 4 nitrogen and oxygen atoms in total. The van der Waals surface area contributed by atoms with Gasteiger partial charge < -0.3 is 10.2 Å². The molecule has 1 aromatic rings. The number of piperazine rings is 1. The molecular weight excluding hydrogens is 324 g/mol. The highest BCUT2D eigenvalue weighted by Gasteiger charge is 2.41. The molecule has 134 valence electrons. The number of alkyl halides is 3. The summed E-state index contributed by atoms with van der Waals surface area (Å²) >= 11 is 0. The van der Waals surface area contributed by atoms with E-state index in [4.69, 9.17) is 0 Å². The fraction of sp³-hybridized carbons (Fsp3) is 0.562. The molecule has 2 rings (SSSR count). The van der Waals surface area contributed by atoms with Crippen molar-refractivity contribution >= 4 is 5.96 Å². The highest BCUT2D eigenvalue weighted by Crippen LogP contribution is 2.25. The van der Waals surface area contributed by atoms with Crippen LogP contribution in [-0.4, -0.2) is 61.2 Å². The summed E-state index contributed by atoms with van der Waals surface area (Å²) in [5.41, 5.74) is 0.517. The van der Waals surface area contributed by atoms with Gasteiger partial charge in [0.15, 0.2) is 5.96 Å². The number of nitrogens with zero attached hydrogens (tertiary/aromatic N) is 3. The van der Waals surface area contributed by atoms with Crippen LogP contribution in [0.4, 0.5) is 17.6 Å². The molecule has 1 aromatic carbocycles. The maximum atomic E-state index is 13.6. The van der Waals surface area contributed by atoms with E-state index in [1.54, 1.807) is 25.2 Å². The van der Waals surface area contributed by atoms with Crippen molar-refractivity contribution in [2.75, 3.05) is 33.2 Å². The third kappa shape index (κ3) is 4.59. The predicted octanol–water partition coefficient (Wildman–Crippen LogP) is 2.47. The summed E-state index contributed by atoms with van der Waals surface area (Å²) in [5.74, 6) is 0.266. The number of rotatable bonds is 3. The Hall–Kier alpha value is -1.83. The molecule has 0 aliphatic carbocycles. The Labute approximate surface area is 139 Å². The van der Waals surface area contributed by atoms with E-state index in [9.17, 15) is 17.6 Å². The van der Waals surface area contributed by atoms with Crippen LogP contribution in [0.2, 0.25) is 0 Å². The van der Waals surface area contributed by atoms with Crippen molar-refractivity contribution in [3.05, 3.63) is 35.6 Å². The van der Waals surface area contributed by atoms with Gasteiger partial charge >= 0.3 is 6.18 Å². The molecule has 1 fully saturated rings. The fourth-order valence-electron chi connectivity index (χ4n) is 2.68. The Bertz CT molecular complexity index is 565. The van der Waals surface area contributed by atoms with E-state index in [0.29, 0.717) is 37.7 Å². The molecule has 1 heterocycles. The Morgan fingerprint density at radius 2 is 1.83 bits per heavy atom. The number of nitrogens with one attached hydrogen (secondary N) is 1. The van der Waals surface area contributed by atoms with E-state index in [1.165, 1.54) is 17.9 Å². The first-order valence-corrected chi connectivity index (χ1v) is 7.82. The zero-order valence-corrected chi connectivity index (χ0v) is 13.8. The maximum absolute atomic E-state index is 13.6. The van der Waals surface area contributed by atoms with E-state index in [1.807, 2.05) is 4.90 Å². The third-order valence-electron chi connectivity index (χ3n) is 4.24. The van der Waals surface area contributed by atoms with Crippen LogP contribution >= 0.6 is 0 Å². The number of benzene rings is 1. The van der Waals surface area contributed by atoms with Crippen LogP contribution < -0.4 is 5.32 Å². The average molecular weight is 346 g/mol. The monoisotopic (exact) mass is 346 g/mol. The standard InChI is InChI=1S/C16H22F4N4/c1-12(16(18,19)20)23-7-9-24(10-8-23)15(21-2)22-11-13-5-3-4-6-14(13)17/h3-6,12H,7-11H2,1-2H3,(H,21,22). The zero-order chi connectivity index (χ0) is 17.7. The summed E-state index contributed by atoms with van der Waals surface area (Å²) in [5, 5.41) is 3.07. The van der Waals surface area contributed by atoms with E-state index >= 15 is 0 Å². The maximum Gasteiger partial charge on any atom is 0.403 e. The van der Waals surface area contributed by atoms with Gasteiger partial charge in [0.25, 0.3) is 0 Å². The van der Waals surface area contributed by atoms with Crippen molar-refractivity contribution in [3.8, 4) is 0 Å². The van der Waals surface area contributed by atoms with Crippen LogP contribution in [0.1, 0.15) is 12.5 Å². The minimum atomic E-state index is -4.22. The first-order valence-electron chi connectivity index (χ1n) is 7.82. The Kier molecular flexibility index (Phi) is 6.04. The molecule has 0 bridgehead atoms. The van der Waals surface area contributed by atoms with E-state index in [2.05, 4.69) is 10.3 Å². The molecule has 0 saturated carbocycles. The van der Waals surface area contributed by atoms with Crippen molar-refractivity contribution in [1.82, 2.24) is 15.1 Å². The van der Waals surface area contributed by atoms with Gasteiger partial charge in [0, 0.05) is 45.3 Å². The number of hydrogen-bond acceptors (Lipinski definition) is 2. The molecule has 1 N–H and O–H groups in total. The molecule has 0 spiro atoms. The van der Waals surface area contributed by atoms with Crippen LogP contribution in [0.25, 0.3) is 0 Å². The largest absolute Gasteiger partial charge is 0.403 e. The van der Waals surface area contributed by atoms with Gasteiger partial charge in [0.2, 0.25) is 0 Å². The molecule has 1 saturated heterocycles. The molecule has 0 amide bonds. The predicted molar refractivity (Wildman–Crippen MR) is 85.3 cm³/mol. The molecule has 0 radical (unpaired) electrons. The highest BCUT2D eigenvalue weighted by molar-refractivity contribution is 5.80. The van der Waals surface area contributed by atoms with Gasteiger partial charge in [0.05, 0.1) is 0 Å². The molecule has 1 unspecified atom stereocenters. The second kappa shape index (κ2) is 7.83. The van der Waals surface area contributed by atoms with Crippen molar-refractivity contribution in [3.63, 3.8) is 0 Å². The SMILES string of the molecule is CN=C(NCc1ccccc1F)N1CCN(C(C)C(F)(F)F)CC1. The molecule has 24 heavy (non-hydrogen) atoms. The minimum Gasteiger partial charge on any atom is -0.352 e. The van der Waals surface area contributed by atoms with E-state index < -0.39 is 12.2 Å². The van der Waals surface area contributed by atoms with E-state index in [-0.39, 0.29) is 12.4 Å². The van der Waals surface area contributed by atoms with Crippen molar-refractivity contribution in [1.29, 1.82) is 0 Å². The summed E-state index contributed by atoms with van der Waals surface area (Å²) in [6, 6.07) is 4.98. The topological polar surface area (TPSA) is 30.9 Å². The Morgan fingerprint density at radius 1 is 1.21 bits per heavy atom. The van der Waals surface area contributed by atoms with Crippen LogP contribution in [-0.2, 0) is 6.54 Å². The van der Waals surface area contributed by atoms with Gasteiger partial charge in [-0.15, -0.1) is 0 Å². The molecule has 1 atom stereocenters. The molecule has 8 heteroatoms. The third-order valence-corrected chi connectivity index (χ3v) is 4.24. The molecular formula is C16H22F4N4. The molecule has 1 aliphatic heterocycles. The van der Waals surface area contributed by atoms with Gasteiger partial charge in [-0.25, -0.2) is 4.39 Å².